The number of anilines is 1. The Morgan fingerprint density at radius 1 is 1.43 bits per heavy atom. The van der Waals surface area contributed by atoms with Gasteiger partial charge in [0.15, 0.2) is 0 Å². The van der Waals surface area contributed by atoms with E-state index in [1.165, 1.54) is 0 Å². The van der Waals surface area contributed by atoms with Crippen molar-refractivity contribution in [3.63, 3.8) is 0 Å². The summed E-state index contributed by atoms with van der Waals surface area (Å²) in [6.07, 6.45) is 0.485. The molecule has 0 aliphatic heterocycles. The van der Waals surface area contributed by atoms with E-state index in [1.54, 1.807) is 0 Å². The minimum Gasteiger partial charge on any atom is -0.494 e. The molecule has 14 heavy (non-hydrogen) atoms. The maximum atomic E-state index is 11.1. The van der Waals surface area contributed by atoms with E-state index in [1.807, 2.05) is 38.1 Å². The second kappa shape index (κ2) is 5.27. The standard InChI is InChI=1S/C11H15NO2/c1-3-11(13)12-9-6-5-7-10(8-9)14-4-2/h5-8H,3-4H2,1-2H3,(H,12,13). The highest BCUT2D eigenvalue weighted by molar-refractivity contribution is 5.90. The molecule has 0 fully saturated rings. The summed E-state index contributed by atoms with van der Waals surface area (Å²) >= 11 is 0. The van der Waals surface area contributed by atoms with Gasteiger partial charge in [-0.1, -0.05) is 13.0 Å². The molecule has 1 amide bonds. The first kappa shape index (κ1) is 10.6. The Morgan fingerprint density at radius 2 is 2.21 bits per heavy atom. The third-order valence-electron chi connectivity index (χ3n) is 1.75. The Labute approximate surface area is 84.1 Å². The number of hydrogen-bond acceptors (Lipinski definition) is 2. The molecule has 0 unspecified atom stereocenters. The molecule has 0 atom stereocenters. The lowest BCUT2D eigenvalue weighted by Crippen LogP contribution is -2.09. The maximum Gasteiger partial charge on any atom is 0.224 e. The van der Waals surface area contributed by atoms with Gasteiger partial charge in [0.1, 0.15) is 5.75 Å². The third kappa shape index (κ3) is 3.09. The van der Waals surface area contributed by atoms with Gasteiger partial charge in [0.2, 0.25) is 5.91 Å². The highest BCUT2D eigenvalue weighted by Crippen LogP contribution is 2.17. The van der Waals surface area contributed by atoms with Gasteiger partial charge in [0.05, 0.1) is 6.61 Å². The molecule has 1 rings (SSSR count). The van der Waals surface area contributed by atoms with Crippen LogP contribution in [0, 0.1) is 0 Å². The fourth-order valence-electron chi connectivity index (χ4n) is 1.08. The van der Waals surface area contributed by atoms with Crippen molar-refractivity contribution in [1.29, 1.82) is 0 Å². The van der Waals surface area contributed by atoms with E-state index >= 15 is 0 Å². The SMILES string of the molecule is CCOc1cccc(NC(=O)CC)c1. The van der Waals surface area contributed by atoms with Crippen molar-refractivity contribution in [3.8, 4) is 5.75 Å². The topological polar surface area (TPSA) is 38.3 Å². The summed E-state index contributed by atoms with van der Waals surface area (Å²) in [6.45, 7) is 4.38. The van der Waals surface area contributed by atoms with E-state index in [2.05, 4.69) is 5.32 Å². The molecule has 1 aromatic carbocycles. The zero-order chi connectivity index (χ0) is 10.4. The van der Waals surface area contributed by atoms with Crippen LogP contribution in [0.25, 0.3) is 0 Å². The fourth-order valence-corrected chi connectivity index (χ4v) is 1.08. The predicted molar refractivity (Wildman–Crippen MR) is 56.5 cm³/mol. The molecule has 3 nitrogen and oxygen atoms in total. The van der Waals surface area contributed by atoms with Crippen molar-refractivity contribution in [1.82, 2.24) is 0 Å². The zero-order valence-corrected chi connectivity index (χ0v) is 8.54. The summed E-state index contributed by atoms with van der Waals surface area (Å²) in [5.41, 5.74) is 0.780. The highest BCUT2D eigenvalue weighted by atomic mass is 16.5. The minimum absolute atomic E-state index is 0.0126. The molecule has 0 spiro atoms. The van der Waals surface area contributed by atoms with Crippen molar-refractivity contribution in [2.45, 2.75) is 20.3 Å². The van der Waals surface area contributed by atoms with Crippen LogP contribution in [-0.4, -0.2) is 12.5 Å². The van der Waals surface area contributed by atoms with Crippen LogP contribution in [0.3, 0.4) is 0 Å². The van der Waals surface area contributed by atoms with Crippen molar-refractivity contribution >= 4 is 11.6 Å². The lowest BCUT2D eigenvalue weighted by atomic mass is 10.3. The minimum atomic E-state index is 0.0126. The molecule has 0 heterocycles. The Morgan fingerprint density at radius 3 is 2.86 bits per heavy atom. The van der Waals surface area contributed by atoms with E-state index in [0.717, 1.165) is 11.4 Å². The van der Waals surface area contributed by atoms with Crippen molar-refractivity contribution < 1.29 is 9.53 Å². The molecular formula is C11H15NO2. The van der Waals surface area contributed by atoms with Crippen LogP contribution in [0.1, 0.15) is 20.3 Å². The fraction of sp³-hybridized carbons (Fsp3) is 0.364. The molecule has 3 heteroatoms. The van der Waals surface area contributed by atoms with Crippen LogP contribution in [0.2, 0.25) is 0 Å². The van der Waals surface area contributed by atoms with E-state index in [0.29, 0.717) is 13.0 Å². The lowest BCUT2D eigenvalue weighted by Gasteiger charge is -2.06. The van der Waals surface area contributed by atoms with Gasteiger partial charge in [-0.3, -0.25) is 4.79 Å². The molecule has 0 saturated heterocycles. The lowest BCUT2D eigenvalue weighted by molar-refractivity contribution is -0.115. The van der Waals surface area contributed by atoms with Gasteiger partial charge in [-0.2, -0.15) is 0 Å². The maximum absolute atomic E-state index is 11.1. The van der Waals surface area contributed by atoms with Gasteiger partial charge in [-0.25, -0.2) is 0 Å². The van der Waals surface area contributed by atoms with Crippen molar-refractivity contribution in [3.05, 3.63) is 24.3 Å². The van der Waals surface area contributed by atoms with Gasteiger partial charge in [-0.15, -0.1) is 0 Å². The Hall–Kier alpha value is -1.51. The Kier molecular flexibility index (Phi) is 3.98. The summed E-state index contributed by atoms with van der Waals surface area (Å²) in [6, 6.07) is 7.38. The first-order chi connectivity index (χ1) is 6.76. The van der Waals surface area contributed by atoms with Crippen LogP contribution in [-0.2, 0) is 4.79 Å². The molecule has 1 N–H and O–H groups in total. The van der Waals surface area contributed by atoms with E-state index < -0.39 is 0 Å². The summed E-state index contributed by atoms with van der Waals surface area (Å²) in [5.74, 6) is 0.792. The molecule has 0 bridgehead atoms. The number of benzene rings is 1. The normalized spacial score (nSPS) is 9.57. The van der Waals surface area contributed by atoms with Crippen molar-refractivity contribution in [2.24, 2.45) is 0 Å². The van der Waals surface area contributed by atoms with Crippen molar-refractivity contribution in [2.75, 3.05) is 11.9 Å². The molecule has 0 aromatic heterocycles. The summed E-state index contributed by atoms with van der Waals surface area (Å²) < 4.78 is 5.31. The monoisotopic (exact) mass is 193 g/mol. The summed E-state index contributed by atoms with van der Waals surface area (Å²) in [4.78, 5) is 11.1. The number of carbonyl (C=O) groups excluding carboxylic acids is 1. The van der Waals surface area contributed by atoms with Gasteiger partial charge >= 0.3 is 0 Å². The molecule has 76 valence electrons. The number of rotatable bonds is 4. The van der Waals surface area contributed by atoms with E-state index in [9.17, 15) is 4.79 Å². The van der Waals surface area contributed by atoms with Crippen LogP contribution >= 0.6 is 0 Å². The zero-order valence-electron chi connectivity index (χ0n) is 8.54. The number of nitrogens with one attached hydrogen (secondary N) is 1. The van der Waals surface area contributed by atoms with Gasteiger partial charge in [0.25, 0.3) is 0 Å². The second-order valence-corrected chi connectivity index (χ2v) is 2.86. The first-order valence-corrected chi connectivity index (χ1v) is 4.79. The van der Waals surface area contributed by atoms with Crippen LogP contribution in [0.5, 0.6) is 5.75 Å². The highest BCUT2D eigenvalue weighted by Gasteiger charge is 1.99. The first-order valence-electron chi connectivity index (χ1n) is 4.79. The Bertz CT molecular complexity index is 310. The number of hydrogen-bond donors (Lipinski definition) is 1. The number of carbonyl (C=O) groups is 1. The third-order valence-corrected chi connectivity index (χ3v) is 1.75. The number of ether oxygens (including phenoxy) is 1. The van der Waals surface area contributed by atoms with Crippen LogP contribution in [0.4, 0.5) is 5.69 Å². The van der Waals surface area contributed by atoms with E-state index in [-0.39, 0.29) is 5.91 Å². The van der Waals surface area contributed by atoms with Gasteiger partial charge < -0.3 is 10.1 Å². The van der Waals surface area contributed by atoms with Gasteiger partial charge in [-0.05, 0) is 19.1 Å². The summed E-state index contributed by atoms with van der Waals surface area (Å²) in [7, 11) is 0. The second-order valence-electron chi connectivity index (χ2n) is 2.86. The van der Waals surface area contributed by atoms with Crippen LogP contribution in [0.15, 0.2) is 24.3 Å². The van der Waals surface area contributed by atoms with Crippen LogP contribution < -0.4 is 10.1 Å². The number of amides is 1. The molecule has 0 aliphatic rings. The molecular weight excluding hydrogens is 178 g/mol. The smallest absolute Gasteiger partial charge is 0.224 e. The summed E-state index contributed by atoms with van der Waals surface area (Å²) in [5, 5.41) is 2.77. The average Bonchev–Trinajstić information content (AvgIpc) is 2.19. The quantitative estimate of drug-likeness (QED) is 0.797. The Balaban J connectivity index is 2.68. The molecule has 1 aromatic rings. The molecule has 0 saturated carbocycles. The largest absolute Gasteiger partial charge is 0.494 e. The molecule has 0 radical (unpaired) electrons. The van der Waals surface area contributed by atoms with Gasteiger partial charge in [0, 0.05) is 18.2 Å². The predicted octanol–water partition coefficient (Wildman–Crippen LogP) is 2.43. The molecule has 0 aliphatic carbocycles. The van der Waals surface area contributed by atoms with E-state index in [4.69, 9.17) is 4.74 Å². The average molecular weight is 193 g/mol.